The second kappa shape index (κ2) is 6.90. The van der Waals surface area contributed by atoms with E-state index in [0.717, 1.165) is 43.6 Å². The molecular weight excluding hydrogens is 366 g/mol. The number of nitrogens with zero attached hydrogens (tertiary/aromatic N) is 3. The highest BCUT2D eigenvalue weighted by atomic mass is 32.2. The molecule has 134 valence electrons. The Hall–Kier alpha value is -2.09. The van der Waals surface area contributed by atoms with Crippen LogP contribution in [0.25, 0.3) is 10.4 Å². The van der Waals surface area contributed by atoms with Crippen molar-refractivity contribution in [3.8, 4) is 10.4 Å². The van der Waals surface area contributed by atoms with Gasteiger partial charge in [-0.05, 0) is 17.7 Å². The molecule has 4 rings (SSSR count). The SMILES string of the molecule is CS(=O)(=O)c1ncc2c(n1)CCN(Cc1ccc(-c3ccccc3)s1)C2. The summed E-state index contributed by atoms with van der Waals surface area (Å²) in [5.41, 5.74) is 3.12. The van der Waals surface area contributed by atoms with Gasteiger partial charge in [0.15, 0.2) is 0 Å². The van der Waals surface area contributed by atoms with Crippen molar-refractivity contribution >= 4 is 21.2 Å². The third-order valence-electron chi connectivity index (χ3n) is 4.42. The third-order valence-corrected chi connectivity index (χ3v) is 6.40. The predicted molar refractivity (Wildman–Crippen MR) is 103 cm³/mol. The average molecular weight is 386 g/mol. The summed E-state index contributed by atoms with van der Waals surface area (Å²) in [6.45, 7) is 2.49. The lowest BCUT2D eigenvalue weighted by Gasteiger charge is -2.27. The first-order chi connectivity index (χ1) is 12.5. The highest BCUT2D eigenvalue weighted by Crippen LogP contribution is 2.29. The molecule has 0 saturated heterocycles. The van der Waals surface area contributed by atoms with Crippen molar-refractivity contribution < 1.29 is 8.42 Å². The Kier molecular flexibility index (Phi) is 4.60. The van der Waals surface area contributed by atoms with Gasteiger partial charge in [0.1, 0.15) is 0 Å². The normalized spacial score (nSPS) is 15.0. The Bertz CT molecular complexity index is 1030. The fourth-order valence-corrected chi connectivity index (χ4v) is 4.69. The molecule has 1 aliphatic rings. The number of hydrogen-bond acceptors (Lipinski definition) is 6. The number of sulfone groups is 1. The third kappa shape index (κ3) is 3.70. The molecule has 0 spiro atoms. The summed E-state index contributed by atoms with van der Waals surface area (Å²) >= 11 is 1.81. The van der Waals surface area contributed by atoms with Gasteiger partial charge >= 0.3 is 0 Å². The molecule has 1 aliphatic heterocycles. The molecule has 0 bridgehead atoms. The van der Waals surface area contributed by atoms with Gasteiger partial charge in [0, 0.05) is 53.8 Å². The number of thiophene rings is 1. The van der Waals surface area contributed by atoms with Gasteiger partial charge in [-0.15, -0.1) is 11.3 Å². The maximum atomic E-state index is 11.6. The van der Waals surface area contributed by atoms with E-state index in [4.69, 9.17) is 0 Å². The molecule has 0 fully saturated rings. The van der Waals surface area contributed by atoms with Gasteiger partial charge in [-0.1, -0.05) is 30.3 Å². The second-order valence-electron chi connectivity index (χ2n) is 6.49. The first-order valence-electron chi connectivity index (χ1n) is 8.40. The van der Waals surface area contributed by atoms with Crippen molar-refractivity contribution in [3.05, 3.63) is 64.8 Å². The summed E-state index contributed by atoms with van der Waals surface area (Å²) in [4.78, 5) is 13.2. The van der Waals surface area contributed by atoms with Gasteiger partial charge in [-0.3, -0.25) is 4.90 Å². The lowest BCUT2D eigenvalue weighted by molar-refractivity contribution is 0.244. The maximum absolute atomic E-state index is 11.6. The van der Waals surface area contributed by atoms with E-state index < -0.39 is 9.84 Å². The van der Waals surface area contributed by atoms with Crippen LogP contribution in [0.15, 0.2) is 53.8 Å². The van der Waals surface area contributed by atoms with Crippen LogP contribution in [0, 0.1) is 0 Å². The molecule has 0 saturated carbocycles. The van der Waals surface area contributed by atoms with Crippen molar-refractivity contribution in [1.82, 2.24) is 14.9 Å². The summed E-state index contributed by atoms with van der Waals surface area (Å²) in [7, 11) is -3.36. The molecule has 5 nitrogen and oxygen atoms in total. The number of fused-ring (bicyclic) bond motifs is 1. The maximum Gasteiger partial charge on any atom is 0.246 e. The summed E-state index contributed by atoms with van der Waals surface area (Å²) < 4.78 is 23.2. The van der Waals surface area contributed by atoms with Crippen molar-refractivity contribution in [2.75, 3.05) is 12.8 Å². The minimum absolute atomic E-state index is 0.0736. The highest BCUT2D eigenvalue weighted by molar-refractivity contribution is 7.90. The monoisotopic (exact) mass is 385 g/mol. The van der Waals surface area contributed by atoms with Crippen LogP contribution in [0.5, 0.6) is 0 Å². The average Bonchev–Trinajstić information content (AvgIpc) is 3.10. The van der Waals surface area contributed by atoms with Crippen molar-refractivity contribution in [3.63, 3.8) is 0 Å². The van der Waals surface area contributed by atoms with Gasteiger partial charge in [0.05, 0.1) is 5.69 Å². The topological polar surface area (TPSA) is 63.2 Å². The van der Waals surface area contributed by atoms with E-state index >= 15 is 0 Å². The predicted octanol–water partition coefficient (Wildman–Crippen LogP) is 3.17. The molecule has 2 aromatic heterocycles. The Morgan fingerprint density at radius 2 is 1.96 bits per heavy atom. The lowest BCUT2D eigenvalue weighted by Crippen LogP contribution is -2.31. The Labute approximate surface area is 157 Å². The molecule has 0 aliphatic carbocycles. The zero-order chi connectivity index (χ0) is 18.1. The molecule has 7 heteroatoms. The zero-order valence-corrected chi connectivity index (χ0v) is 16.1. The number of hydrogen-bond donors (Lipinski definition) is 0. The summed E-state index contributed by atoms with van der Waals surface area (Å²) in [6, 6.07) is 14.8. The number of rotatable bonds is 4. The fraction of sp³-hybridized carbons (Fsp3) is 0.263. The molecule has 0 N–H and O–H groups in total. The van der Waals surface area contributed by atoms with Gasteiger partial charge < -0.3 is 0 Å². The van der Waals surface area contributed by atoms with Gasteiger partial charge in [0.2, 0.25) is 15.0 Å². The molecule has 1 aromatic carbocycles. The lowest BCUT2D eigenvalue weighted by atomic mass is 10.1. The molecule has 3 aromatic rings. The van der Waals surface area contributed by atoms with E-state index in [1.807, 2.05) is 17.4 Å². The quantitative estimate of drug-likeness (QED) is 0.646. The Balaban J connectivity index is 1.48. The Morgan fingerprint density at radius 1 is 1.15 bits per heavy atom. The highest BCUT2D eigenvalue weighted by Gasteiger charge is 2.21. The second-order valence-corrected chi connectivity index (χ2v) is 9.57. The van der Waals surface area contributed by atoms with Crippen LogP contribution in [0.3, 0.4) is 0 Å². The van der Waals surface area contributed by atoms with E-state index in [1.54, 1.807) is 6.20 Å². The molecule has 0 unspecified atom stereocenters. The van der Waals surface area contributed by atoms with E-state index in [-0.39, 0.29) is 5.16 Å². The van der Waals surface area contributed by atoms with E-state index in [9.17, 15) is 8.42 Å². The van der Waals surface area contributed by atoms with E-state index in [1.165, 1.54) is 15.3 Å². The fourth-order valence-electron chi connectivity index (χ4n) is 3.11. The largest absolute Gasteiger partial charge is 0.293 e. The minimum atomic E-state index is -3.36. The number of benzene rings is 1. The van der Waals surface area contributed by atoms with Crippen molar-refractivity contribution in [2.45, 2.75) is 24.7 Å². The summed E-state index contributed by atoms with van der Waals surface area (Å²) in [6.07, 6.45) is 3.55. The zero-order valence-electron chi connectivity index (χ0n) is 14.4. The van der Waals surface area contributed by atoms with Crippen LogP contribution in [-0.2, 0) is 29.3 Å². The van der Waals surface area contributed by atoms with E-state index in [2.05, 4.69) is 51.3 Å². The smallest absolute Gasteiger partial charge is 0.246 e. The number of aromatic nitrogens is 2. The van der Waals surface area contributed by atoms with Gasteiger partial charge in [-0.2, -0.15) is 0 Å². The summed E-state index contributed by atoms with van der Waals surface area (Å²) in [5.74, 6) is 0. The van der Waals surface area contributed by atoms with Gasteiger partial charge in [0.25, 0.3) is 0 Å². The molecule has 0 radical (unpaired) electrons. The molecule has 0 amide bonds. The minimum Gasteiger partial charge on any atom is -0.293 e. The van der Waals surface area contributed by atoms with Crippen LogP contribution in [-0.4, -0.2) is 36.1 Å². The van der Waals surface area contributed by atoms with Gasteiger partial charge in [-0.25, -0.2) is 18.4 Å². The molecular formula is C19H19N3O2S2. The first kappa shape index (κ1) is 17.3. The summed E-state index contributed by atoms with van der Waals surface area (Å²) in [5, 5.41) is -0.0736. The van der Waals surface area contributed by atoms with Crippen LogP contribution < -0.4 is 0 Å². The van der Waals surface area contributed by atoms with Crippen molar-refractivity contribution in [2.24, 2.45) is 0 Å². The first-order valence-corrected chi connectivity index (χ1v) is 11.1. The van der Waals surface area contributed by atoms with Crippen LogP contribution in [0.4, 0.5) is 0 Å². The van der Waals surface area contributed by atoms with E-state index in [0.29, 0.717) is 0 Å². The van der Waals surface area contributed by atoms with Crippen molar-refractivity contribution in [1.29, 1.82) is 0 Å². The molecule has 26 heavy (non-hydrogen) atoms. The standard InChI is InChI=1S/C19H19N3O2S2/c1-26(23,24)19-20-11-15-12-22(10-9-17(15)21-19)13-16-7-8-18(25-16)14-5-3-2-4-6-14/h2-8,11H,9-10,12-13H2,1H3. The molecule has 0 atom stereocenters. The van der Waals surface area contributed by atoms with Crippen LogP contribution >= 0.6 is 11.3 Å². The van der Waals surface area contributed by atoms with Crippen LogP contribution in [0.1, 0.15) is 16.1 Å². The molecule has 3 heterocycles. The van der Waals surface area contributed by atoms with Crippen LogP contribution in [0.2, 0.25) is 0 Å². The Morgan fingerprint density at radius 3 is 2.73 bits per heavy atom.